The molecule has 21 heavy (non-hydrogen) atoms. The minimum absolute atomic E-state index is 0.106. The number of fused-ring (bicyclic) bond motifs is 1. The molecule has 3 aromatic rings. The summed E-state index contributed by atoms with van der Waals surface area (Å²) in [6, 6.07) is 9.16. The third-order valence-corrected chi connectivity index (χ3v) is 5.23. The molecule has 0 bridgehead atoms. The third kappa shape index (κ3) is 3.06. The third-order valence-electron chi connectivity index (χ3n) is 3.08. The topological polar surface area (TPSA) is 48.6 Å². The van der Waals surface area contributed by atoms with Gasteiger partial charge in [0.05, 0.1) is 15.9 Å². The van der Waals surface area contributed by atoms with Crippen molar-refractivity contribution in [3.05, 3.63) is 66.5 Å². The summed E-state index contributed by atoms with van der Waals surface area (Å²) >= 11 is 19.3. The van der Waals surface area contributed by atoms with Crippen molar-refractivity contribution in [3.63, 3.8) is 0 Å². The molecule has 3 rings (SSSR count). The molecule has 0 aliphatic heterocycles. The van der Waals surface area contributed by atoms with Crippen LogP contribution in [0, 0.1) is 0 Å². The predicted octanol–water partition coefficient (Wildman–Crippen LogP) is 5.41. The van der Waals surface area contributed by atoms with E-state index in [1.165, 1.54) is 0 Å². The second-order valence-corrected chi connectivity index (χ2v) is 7.21. The molecular formula is C14H8Br2Cl2N2O. The summed E-state index contributed by atoms with van der Waals surface area (Å²) in [7, 11) is 0. The number of H-pyrrole nitrogens is 2. The molecule has 0 saturated heterocycles. The fourth-order valence-electron chi connectivity index (χ4n) is 2.17. The molecule has 1 unspecified atom stereocenters. The van der Waals surface area contributed by atoms with E-state index < -0.39 is 0 Å². The molecule has 2 N–H and O–H groups in total. The highest BCUT2D eigenvalue weighted by Gasteiger charge is 2.16. The number of benzene rings is 2. The van der Waals surface area contributed by atoms with Gasteiger partial charge in [-0.05, 0) is 41.5 Å². The Bertz CT molecular complexity index is 868. The minimum Gasteiger partial charge on any atom is -0.306 e. The Labute approximate surface area is 146 Å². The van der Waals surface area contributed by atoms with Gasteiger partial charge in [-0.15, -0.1) is 0 Å². The minimum atomic E-state index is -0.231. The van der Waals surface area contributed by atoms with Crippen LogP contribution in [0.25, 0.3) is 11.0 Å². The second kappa shape index (κ2) is 5.80. The molecule has 0 aliphatic rings. The largest absolute Gasteiger partial charge is 0.323 e. The lowest BCUT2D eigenvalue weighted by Gasteiger charge is -2.14. The average Bonchev–Trinajstić information content (AvgIpc) is 2.75. The van der Waals surface area contributed by atoms with E-state index in [1.807, 2.05) is 24.3 Å². The molecule has 7 heteroatoms. The van der Waals surface area contributed by atoms with E-state index in [0.29, 0.717) is 10.0 Å². The molecule has 0 aliphatic carbocycles. The summed E-state index contributed by atoms with van der Waals surface area (Å²) in [4.78, 5) is 16.7. The van der Waals surface area contributed by atoms with Gasteiger partial charge in [0, 0.05) is 14.5 Å². The maximum atomic E-state index is 11.4. The molecule has 0 spiro atoms. The first-order chi connectivity index (χ1) is 9.94. The van der Waals surface area contributed by atoms with Crippen molar-refractivity contribution in [1.29, 1.82) is 0 Å². The molecule has 1 heterocycles. The predicted molar refractivity (Wildman–Crippen MR) is 93.9 cm³/mol. The number of halogens is 4. The Morgan fingerprint density at radius 3 is 2.14 bits per heavy atom. The smallest absolute Gasteiger partial charge is 0.306 e. The zero-order valence-corrected chi connectivity index (χ0v) is 15.1. The standard InChI is InChI=1S/C14H8Br2Cl2N2O/c15-10-5-12-11(19-14(21)20-12)4-9(10)13(16)6-1-7(17)3-8(18)2-6/h1-5,13H,(H2,19,20,21). The van der Waals surface area contributed by atoms with Crippen LogP contribution in [0.1, 0.15) is 16.0 Å². The van der Waals surface area contributed by atoms with Gasteiger partial charge in [-0.2, -0.15) is 0 Å². The number of rotatable bonds is 2. The summed E-state index contributed by atoms with van der Waals surface area (Å²) in [5.41, 5.74) is 3.17. The first-order valence-electron chi connectivity index (χ1n) is 5.95. The van der Waals surface area contributed by atoms with Gasteiger partial charge in [0.1, 0.15) is 0 Å². The van der Waals surface area contributed by atoms with Gasteiger partial charge >= 0.3 is 5.69 Å². The number of hydrogen-bond donors (Lipinski definition) is 2. The van der Waals surface area contributed by atoms with Crippen LogP contribution in [0.4, 0.5) is 0 Å². The Hall–Kier alpha value is -0.750. The first kappa shape index (κ1) is 15.2. The number of imidazole rings is 1. The molecule has 1 aromatic heterocycles. The lowest BCUT2D eigenvalue weighted by Crippen LogP contribution is -1.99. The second-order valence-electron chi connectivity index (χ2n) is 4.56. The Balaban J connectivity index is 2.13. The summed E-state index contributed by atoms with van der Waals surface area (Å²) in [6.07, 6.45) is 0. The number of aromatic amines is 2. The van der Waals surface area contributed by atoms with Crippen molar-refractivity contribution < 1.29 is 0 Å². The average molecular weight is 451 g/mol. The maximum Gasteiger partial charge on any atom is 0.323 e. The monoisotopic (exact) mass is 448 g/mol. The lowest BCUT2D eigenvalue weighted by molar-refractivity contribution is 1.17. The molecule has 2 aromatic carbocycles. The lowest BCUT2D eigenvalue weighted by atomic mass is 10.0. The van der Waals surface area contributed by atoms with Crippen LogP contribution < -0.4 is 5.69 Å². The van der Waals surface area contributed by atoms with Crippen molar-refractivity contribution in [2.24, 2.45) is 0 Å². The maximum absolute atomic E-state index is 11.4. The Kier molecular flexibility index (Phi) is 4.19. The normalized spacial score (nSPS) is 12.8. The fraction of sp³-hybridized carbons (Fsp3) is 0.0714. The summed E-state index contributed by atoms with van der Waals surface area (Å²) in [6.45, 7) is 0. The van der Waals surface area contributed by atoms with E-state index >= 15 is 0 Å². The molecule has 0 saturated carbocycles. The highest BCUT2D eigenvalue weighted by molar-refractivity contribution is 9.11. The molecule has 0 fully saturated rings. The molecule has 108 valence electrons. The van der Waals surface area contributed by atoms with Crippen molar-refractivity contribution in [3.8, 4) is 0 Å². The van der Waals surface area contributed by atoms with Gasteiger partial charge in [-0.3, -0.25) is 0 Å². The molecule has 3 nitrogen and oxygen atoms in total. The van der Waals surface area contributed by atoms with Crippen molar-refractivity contribution >= 4 is 66.1 Å². The van der Waals surface area contributed by atoms with Gasteiger partial charge in [0.25, 0.3) is 0 Å². The molecule has 1 atom stereocenters. The van der Waals surface area contributed by atoms with Crippen LogP contribution in [0.5, 0.6) is 0 Å². The molecule has 0 radical (unpaired) electrons. The van der Waals surface area contributed by atoms with E-state index in [0.717, 1.165) is 26.6 Å². The zero-order chi connectivity index (χ0) is 15.1. The highest BCUT2D eigenvalue weighted by Crippen LogP contribution is 2.38. The van der Waals surface area contributed by atoms with E-state index in [9.17, 15) is 4.79 Å². The number of aromatic nitrogens is 2. The number of alkyl halides is 1. The molecule has 0 amide bonds. The zero-order valence-electron chi connectivity index (χ0n) is 10.4. The quantitative estimate of drug-likeness (QED) is 0.504. The van der Waals surface area contributed by atoms with Crippen molar-refractivity contribution in [2.75, 3.05) is 0 Å². The molecular weight excluding hydrogens is 443 g/mol. The van der Waals surface area contributed by atoms with Gasteiger partial charge in [-0.25, -0.2) is 4.79 Å². The van der Waals surface area contributed by atoms with Crippen LogP contribution in [0.2, 0.25) is 10.0 Å². The van der Waals surface area contributed by atoms with Gasteiger partial charge < -0.3 is 9.97 Å². The van der Waals surface area contributed by atoms with E-state index in [4.69, 9.17) is 23.2 Å². The van der Waals surface area contributed by atoms with E-state index in [-0.39, 0.29) is 10.5 Å². The summed E-state index contributed by atoms with van der Waals surface area (Å²) in [5.74, 6) is 0. The van der Waals surface area contributed by atoms with E-state index in [1.54, 1.807) is 6.07 Å². The summed E-state index contributed by atoms with van der Waals surface area (Å²) < 4.78 is 0.878. The fourth-order valence-corrected chi connectivity index (χ4v) is 4.23. The summed E-state index contributed by atoms with van der Waals surface area (Å²) in [5, 5.41) is 1.16. The van der Waals surface area contributed by atoms with Crippen molar-refractivity contribution in [1.82, 2.24) is 9.97 Å². The highest BCUT2D eigenvalue weighted by atomic mass is 79.9. The Morgan fingerprint density at radius 2 is 1.52 bits per heavy atom. The van der Waals surface area contributed by atoms with Gasteiger partial charge in [0.15, 0.2) is 0 Å². The van der Waals surface area contributed by atoms with Crippen LogP contribution in [-0.2, 0) is 0 Å². The van der Waals surface area contributed by atoms with Gasteiger partial charge in [0.2, 0.25) is 0 Å². The Morgan fingerprint density at radius 1 is 0.952 bits per heavy atom. The SMILES string of the molecule is O=c1[nH]c2cc(Br)c(C(Br)c3cc(Cl)cc(Cl)c3)cc2[nH]1. The van der Waals surface area contributed by atoms with Gasteiger partial charge in [-0.1, -0.05) is 55.1 Å². The number of nitrogens with one attached hydrogen (secondary N) is 2. The van der Waals surface area contributed by atoms with Crippen LogP contribution >= 0.6 is 55.1 Å². The number of hydrogen-bond acceptors (Lipinski definition) is 1. The van der Waals surface area contributed by atoms with Crippen LogP contribution in [0.3, 0.4) is 0 Å². The van der Waals surface area contributed by atoms with Crippen LogP contribution in [0.15, 0.2) is 39.6 Å². The van der Waals surface area contributed by atoms with Crippen LogP contribution in [-0.4, -0.2) is 9.97 Å². The van der Waals surface area contributed by atoms with E-state index in [2.05, 4.69) is 41.8 Å². The first-order valence-corrected chi connectivity index (χ1v) is 8.42. The van der Waals surface area contributed by atoms with Crippen molar-refractivity contribution in [2.45, 2.75) is 4.83 Å².